The molecule has 0 fully saturated rings. The van der Waals surface area contributed by atoms with Crippen molar-refractivity contribution in [2.24, 2.45) is 4.99 Å². The minimum absolute atomic E-state index is 0.220. The standard InChI is InChI=1S/C14H32N4OS/c1-14(2,20-6)12-17-13(15-3)16-8-7-9-18(4)10-11-19-5/h7-12H2,1-6H3,(H2,15,16,17). The third-order valence-corrected chi connectivity index (χ3v) is 4.39. The van der Waals surface area contributed by atoms with Crippen LogP contribution in [0.2, 0.25) is 0 Å². The first-order chi connectivity index (χ1) is 9.45. The fraction of sp³-hybridized carbons (Fsp3) is 0.929. The van der Waals surface area contributed by atoms with Crippen molar-refractivity contribution < 1.29 is 4.74 Å². The Balaban J connectivity index is 3.76. The van der Waals surface area contributed by atoms with Crippen molar-refractivity contribution >= 4 is 17.7 Å². The monoisotopic (exact) mass is 304 g/mol. The van der Waals surface area contributed by atoms with Gasteiger partial charge in [-0.1, -0.05) is 0 Å². The Labute approximate surface area is 128 Å². The minimum Gasteiger partial charge on any atom is -0.383 e. The van der Waals surface area contributed by atoms with E-state index >= 15 is 0 Å². The van der Waals surface area contributed by atoms with Crippen LogP contribution in [0.15, 0.2) is 4.99 Å². The molecule has 0 aliphatic rings. The Kier molecular flexibility index (Phi) is 11.0. The van der Waals surface area contributed by atoms with Crippen molar-refractivity contribution in [3.63, 3.8) is 0 Å². The highest BCUT2D eigenvalue weighted by atomic mass is 32.2. The summed E-state index contributed by atoms with van der Waals surface area (Å²) in [6.45, 7) is 9.11. The van der Waals surface area contributed by atoms with E-state index < -0.39 is 0 Å². The van der Waals surface area contributed by atoms with Gasteiger partial charge in [0.25, 0.3) is 0 Å². The number of hydrogen-bond donors (Lipinski definition) is 2. The second kappa shape index (κ2) is 11.2. The van der Waals surface area contributed by atoms with E-state index in [1.54, 1.807) is 7.11 Å². The first-order valence-corrected chi connectivity index (χ1v) is 8.35. The third-order valence-electron chi connectivity index (χ3n) is 3.14. The van der Waals surface area contributed by atoms with Crippen molar-refractivity contribution in [3.05, 3.63) is 0 Å². The summed E-state index contributed by atoms with van der Waals surface area (Å²) >= 11 is 1.86. The van der Waals surface area contributed by atoms with Crippen molar-refractivity contribution in [1.29, 1.82) is 0 Å². The highest BCUT2D eigenvalue weighted by molar-refractivity contribution is 7.99. The Bertz CT molecular complexity index is 272. The Morgan fingerprint density at radius 3 is 2.55 bits per heavy atom. The van der Waals surface area contributed by atoms with Gasteiger partial charge < -0.3 is 20.3 Å². The smallest absolute Gasteiger partial charge is 0.191 e. The van der Waals surface area contributed by atoms with Crippen LogP contribution in [-0.4, -0.2) is 75.9 Å². The summed E-state index contributed by atoms with van der Waals surface area (Å²) in [6.07, 6.45) is 3.22. The van der Waals surface area contributed by atoms with Crippen LogP contribution < -0.4 is 10.6 Å². The first kappa shape index (κ1) is 19.5. The molecule has 0 unspecified atom stereocenters. The molecule has 0 bridgehead atoms. The Morgan fingerprint density at radius 2 is 2.00 bits per heavy atom. The number of nitrogens with one attached hydrogen (secondary N) is 2. The lowest BCUT2D eigenvalue weighted by molar-refractivity contribution is 0.161. The Hall–Kier alpha value is -0.460. The summed E-state index contributed by atoms with van der Waals surface area (Å²) < 4.78 is 5.28. The van der Waals surface area contributed by atoms with E-state index in [-0.39, 0.29) is 4.75 Å². The van der Waals surface area contributed by atoms with E-state index in [1.165, 1.54) is 0 Å². The zero-order valence-electron chi connectivity index (χ0n) is 14.0. The number of methoxy groups -OCH3 is 1. The zero-order valence-corrected chi connectivity index (χ0v) is 14.8. The molecule has 0 rings (SSSR count). The number of aliphatic imine (C=N–C) groups is 1. The molecule has 0 atom stereocenters. The molecule has 5 nitrogen and oxygen atoms in total. The highest BCUT2D eigenvalue weighted by Crippen LogP contribution is 2.19. The van der Waals surface area contributed by atoms with E-state index in [0.29, 0.717) is 0 Å². The fourth-order valence-electron chi connectivity index (χ4n) is 1.50. The lowest BCUT2D eigenvalue weighted by Crippen LogP contribution is -2.43. The van der Waals surface area contributed by atoms with Gasteiger partial charge in [-0.2, -0.15) is 11.8 Å². The van der Waals surface area contributed by atoms with Gasteiger partial charge in [0, 0.05) is 38.5 Å². The van der Waals surface area contributed by atoms with Crippen LogP contribution in [-0.2, 0) is 4.74 Å². The first-order valence-electron chi connectivity index (χ1n) is 7.12. The van der Waals surface area contributed by atoms with Crippen molar-refractivity contribution in [3.8, 4) is 0 Å². The van der Waals surface area contributed by atoms with Crippen LogP contribution in [0, 0.1) is 0 Å². The number of nitrogens with zero attached hydrogens (tertiary/aromatic N) is 2. The number of thioether (sulfide) groups is 1. The van der Waals surface area contributed by atoms with Gasteiger partial charge >= 0.3 is 0 Å². The largest absolute Gasteiger partial charge is 0.383 e. The van der Waals surface area contributed by atoms with E-state index in [4.69, 9.17) is 4.74 Å². The summed E-state index contributed by atoms with van der Waals surface area (Å²) in [5, 5.41) is 6.72. The molecule has 120 valence electrons. The molecule has 0 spiro atoms. The summed E-state index contributed by atoms with van der Waals surface area (Å²) in [6, 6.07) is 0. The number of hydrogen-bond acceptors (Lipinski definition) is 4. The van der Waals surface area contributed by atoms with Crippen molar-refractivity contribution in [1.82, 2.24) is 15.5 Å². The minimum atomic E-state index is 0.220. The average molecular weight is 305 g/mol. The summed E-state index contributed by atoms with van der Waals surface area (Å²) in [5.74, 6) is 0.881. The molecular formula is C14H32N4OS. The van der Waals surface area contributed by atoms with Gasteiger partial charge in [-0.3, -0.25) is 4.99 Å². The molecule has 0 aliphatic heterocycles. The number of rotatable bonds is 10. The van der Waals surface area contributed by atoms with Gasteiger partial charge in [-0.15, -0.1) is 0 Å². The van der Waals surface area contributed by atoms with E-state index in [2.05, 4.69) is 47.7 Å². The summed E-state index contributed by atoms with van der Waals surface area (Å²) in [4.78, 5) is 6.52. The number of guanidine groups is 1. The third kappa shape index (κ3) is 10.3. The van der Waals surface area contributed by atoms with Crippen LogP contribution in [0.25, 0.3) is 0 Å². The predicted octanol–water partition coefficient (Wildman–Crippen LogP) is 1.26. The topological polar surface area (TPSA) is 48.9 Å². The lowest BCUT2D eigenvalue weighted by Gasteiger charge is -2.24. The van der Waals surface area contributed by atoms with Crippen molar-refractivity contribution in [2.75, 3.05) is 60.2 Å². The molecule has 0 saturated carbocycles. The molecule has 0 radical (unpaired) electrons. The molecule has 0 heterocycles. The zero-order chi connectivity index (χ0) is 15.4. The van der Waals surface area contributed by atoms with E-state index in [0.717, 1.165) is 45.2 Å². The second-order valence-electron chi connectivity index (χ2n) is 5.47. The van der Waals surface area contributed by atoms with Crippen LogP contribution in [0.3, 0.4) is 0 Å². The van der Waals surface area contributed by atoms with E-state index in [9.17, 15) is 0 Å². The molecule has 0 amide bonds. The predicted molar refractivity (Wildman–Crippen MR) is 90.9 cm³/mol. The fourth-order valence-corrected chi connectivity index (χ4v) is 1.72. The normalized spacial score (nSPS) is 12.8. The molecule has 20 heavy (non-hydrogen) atoms. The second-order valence-corrected chi connectivity index (χ2v) is 6.98. The summed E-state index contributed by atoms with van der Waals surface area (Å²) in [7, 11) is 5.67. The van der Waals surface area contributed by atoms with Gasteiger partial charge in [-0.05, 0) is 40.1 Å². The van der Waals surface area contributed by atoms with Gasteiger partial charge in [0.05, 0.1) is 6.61 Å². The molecule has 0 aromatic heterocycles. The van der Waals surface area contributed by atoms with Crippen LogP contribution in [0.4, 0.5) is 0 Å². The highest BCUT2D eigenvalue weighted by Gasteiger charge is 2.15. The van der Waals surface area contributed by atoms with Crippen LogP contribution in [0.1, 0.15) is 20.3 Å². The molecule has 0 saturated heterocycles. The number of likely N-dealkylation sites (N-methyl/N-ethyl adjacent to an activating group) is 1. The van der Waals surface area contributed by atoms with Crippen molar-refractivity contribution in [2.45, 2.75) is 25.0 Å². The molecule has 0 aromatic carbocycles. The average Bonchev–Trinajstić information content (AvgIpc) is 2.44. The molecular weight excluding hydrogens is 272 g/mol. The maximum Gasteiger partial charge on any atom is 0.191 e. The molecule has 0 aliphatic carbocycles. The van der Waals surface area contributed by atoms with Gasteiger partial charge in [0.2, 0.25) is 0 Å². The van der Waals surface area contributed by atoms with Gasteiger partial charge in [0.15, 0.2) is 5.96 Å². The van der Waals surface area contributed by atoms with Crippen LogP contribution in [0.5, 0.6) is 0 Å². The molecule has 6 heteroatoms. The van der Waals surface area contributed by atoms with Gasteiger partial charge in [0.1, 0.15) is 0 Å². The quantitative estimate of drug-likeness (QED) is 0.361. The maximum absolute atomic E-state index is 5.06. The number of ether oxygens (including phenoxy) is 1. The molecule has 0 aromatic rings. The molecule has 2 N–H and O–H groups in total. The lowest BCUT2D eigenvalue weighted by atomic mass is 10.2. The van der Waals surface area contributed by atoms with E-state index in [1.807, 2.05) is 18.8 Å². The van der Waals surface area contributed by atoms with Gasteiger partial charge in [-0.25, -0.2) is 0 Å². The SMILES string of the molecule is CN=C(NCCCN(C)CCOC)NCC(C)(C)SC. The Morgan fingerprint density at radius 1 is 1.30 bits per heavy atom. The van der Waals surface area contributed by atoms with Crippen LogP contribution >= 0.6 is 11.8 Å². The maximum atomic E-state index is 5.06. The summed E-state index contributed by atoms with van der Waals surface area (Å²) in [5.41, 5.74) is 0.